The molecule has 0 amide bonds. The van der Waals surface area contributed by atoms with Gasteiger partial charge >= 0.3 is 0 Å². The van der Waals surface area contributed by atoms with Gasteiger partial charge in [-0.2, -0.15) is 18.2 Å². The third-order valence-electron chi connectivity index (χ3n) is 16.3. The SMILES string of the molecule is Cc1ccc(-c2cccc3c2-c2ccccc2-c2ccccc2-c2cccc4c2[n+]-3[c-]n4-c2[c-]c(Oc3[c-]c4c(cc3)c3ccccc3n4-c3cc(C(C)(C)C)ccn3)ccc2)cc1C1c2ccccc2Cc2ccccc21.[Pt]. The van der Waals surface area contributed by atoms with Gasteiger partial charge in [0.05, 0.1) is 16.7 Å². The number of fused-ring (bicyclic) bond motifs is 12. The Morgan fingerprint density at radius 2 is 1.18 bits per heavy atom. The van der Waals surface area contributed by atoms with Crippen molar-refractivity contribution in [1.82, 2.24) is 14.1 Å². The molecule has 2 aliphatic rings. The molecule has 79 heavy (non-hydrogen) atoms. The van der Waals surface area contributed by atoms with E-state index in [4.69, 9.17) is 9.72 Å². The molecule has 0 bridgehead atoms. The maximum atomic E-state index is 6.78. The smallest absolute Gasteiger partial charge is 0.268 e. The Labute approximate surface area is 475 Å². The average Bonchev–Trinajstić information content (AvgIpc) is 4.07. The molecule has 0 radical (unpaired) electrons. The second-order valence-corrected chi connectivity index (χ2v) is 21.9. The number of nitrogens with zero attached hydrogens (tertiary/aromatic N) is 4. The summed E-state index contributed by atoms with van der Waals surface area (Å²) in [7, 11) is 0. The summed E-state index contributed by atoms with van der Waals surface area (Å²) < 4.78 is 13.4. The number of hydrogen-bond donors (Lipinski definition) is 0. The molecule has 0 unspecified atom stereocenters. The molecule has 0 spiro atoms. The Kier molecular flexibility index (Phi) is 11.6. The third-order valence-corrected chi connectivity index (χ3v) is 16.3. The Morgan fingerprint density at radius 1 is 0.544 bits per heavy atom. The van der Waals surface area contributed by atoms with Crippen molar-refractivity contribution in [2.45, 2.75) is 45.4 Å². The molecule has 0 fully saturated rings. The van der Waals surface area contributed by atoms with Crippen LogP contribution in [0, 0.1) is 25.4 Å². The first-order valence-electron chi connectivity index (χ1n) is 26.9. The van der Waals surface area contributed by atoms with Crippen molar-refractivity contribution in [3.8, 4) is 73.2 Å². The minimum Gasteiger partial charge on any atom is -0.510 e. The van der Waals surface area contributed by atoms with E-state index in [9.17, 15) is 0 Å². The summed E-state index contributed by atoms with van der Waals surface area (Å²) in [6.45, 7) is 8.96. The van der Waals surface area contributed by atoms with E-state index in [0.717, 1.165) is 84.3 Å². The van der Waals surface area contributed by atoms with Gasteiger partial charge in [0, 0.05) is 55.8 Å². The number of ether oxygens (including phenoxy) is 1. The number of aromatic nitrogens is 4. The van der Waals surface area contributed by atoms with Crippen molar-refractivity contribution in [3.63, 3.8) is 0 Å². The Hall–Kier alpha value is -8.89. The maximum absolute atomic E-state index is 6.78. The van der Waals surface area contributed by atoms with Crippen LogP contribution in [0.1, 0.15) is 65.6 Å². The van der Waals surface area contributed by atoms with Gasteiger partial charge in [0.15, 0.2) is 0 Å². The quantitative estimate of drug-likeness (QED) is 0.123. The first kappa shape index (κ1) is 48.5. The molecule has 10 aromatic carbocycles. The zero-order valence-corrected chi connectivity index (χ0v) is 46.4. The van der Waals surface area contributed by atoms with Crippen molar-refractivity contribution in [2.75, 3.05) is 0 Å². The minimum absolute atomic E-state index is 0. The summed E-state index contributed by atoms with van der Waals surface area (Å²) in [6.07, 6.45) is 6.78. The van der Waals surface area contributed by atoms with E-state index >= 15 is 0 Å². The molecule has 382 valence electrons. The van der Waals surface area contributed by atoms with E-state index in [2.05, 4.69) is 260 Å². The van der Waals surface area contributed by atoms with Gasteiger partial charge in [0.25, 0.3) is 6.33 Å². The molecule has 15 rings (SSSR count). The summed E-state index contributed by atoms with van der Waals surface area (Å²) in [4.78, 5) is 4.90. The molecular weight excluding hydrogens is 1140 g/mol. The molecule has 0 saturated heterocycles. The van der Waals surface area contributed by atoms with Crippen LogP contribution in [0.5, 0.6) is 11.5 Å². The molecule has 1 aliphatic heterocycles. The molecule has 3 aromatic heterocycles. The predicted molar refractivity (Wildman–Crippen MR) is 315 cm³/mol. The van der Waals surface area contributed by atoms with Crippen LogP contribution in [0.25, 0.3) is 94.5 Å². The first-order chi connectivity index (χ1) is 38.2. The molecule has 13 aromatic rings. The number of pyridine rings is 1. The predicted octanol–water partition coefficient (Wildman–Crippen LogP) is 17.3. The van der Waals surface area contributed by atoms with Crippen LogP contribution >= 0.6 is 0 Å². The fourth-order valence-electron chi connectivity index (χ4n) is 12.6. The average molecular weight is 1200 g/mol. The van der Waals surface area contributed by atoms with Crippen molar-refractivity contribution in [1.29, 1.82) is 0 Å². The Bertz CT molecular complexity index is 4550. The van der Waals surface area contributed by atoms with Crippen LogP contribution in [0.2, 0.25) is 0 Å². The second-order valence-electron chi connectivity index (χ2n) is 21.9. The van der Waals surface area contributed by atoms with Crippen LogP contribution in [0.15, 0.2) is 225 Å². The second kappa shape index (κ2) is 18.9. The molecular formula is C73H52N4OPt-2. The van der Waals surface area contributed by atoms with E-state index < -0.39 is 0 Å². The molecule has 4 heterocycles. The normalized spacial score (nSPS) is 12.6. The van der Waals surface area contributed by atoms with Crippen LogP contribution in [-0.4, -0.2) is 14.1 Å². The number of hydrogen-bond acceptors (Lipinski definition) is 2. The van der Waals surface area contributed by atoms with Crippen LogP contribution in [0.4, 0.5) is 0 Å². The molecule has 0 atom stereocenters. The number of imidazole rings is 1. The summed E-state index contributed by atoms with van der Waals surface area (Å²) in [5, 5.41) is 2.21. The van der Waals surface area contributed by atoms with Crippen LogP contribution in [-0.2, 0) is 32.9 Å². The van der Waals surface area contributed by atoms with E-state index in [1.807, 2.05) is 24.4 Å². The van der Waals surface area contributed by atoms with Crippen molar-refractivity contribution in [2.24, 2.45) is 0 Å². The van der Waals surface area contributed by atoms with Gasteiger partial charge < -0.3 is 13.9 Å². The van der Waals surface area contributed by atoms with Crippen LogP contribution in [0.3, 0.4) is 0 Å². The fourth-order valence-corrected chi connectivity index (χ4v) is 12.6. The molecule has 1 aliphatic carbocycles. The number of benzene rings is 10. The summed E-state index contributed by atoms with van der Waals surface area (Å²) in [5.41, 5.74) is 24.4. The standard InChI is InChI=1S/C73H52N4O.Pt/c1-46-34-35-49(41-64(46)70-54-22-7-5-18-47(54)40-48-19-6-8-23-55(48)70)56-29-16-32-66-71(56)62-28-12-11-25-58(62)57-24-9-10-26-59(57)63-30-17-33-67-72(63)76(66)45-75(67)51-20-15-21-52(43-51)78-53-36-37-61-60-27-13-14-31-65(60)77(68(61)44-53)69-42-50(38-39-74-69)73(2,3)4;/h5-39,41-42,70H,40H2,1-4H3;/q-2;. The van der Waals surface area contributed by atoms with Gasteiger partial charge in [-0.1, -0.05) is 184 Å². The third kappa shape index (κ3) is 7.93. The summed E-state index contributed by atoms with van der Waals surface area (Å²) >= 11 is 0. The topological polar surface area (TPSA) is 35.9 Å². The number of para-hydroxylation sites is 2. The van der Waals surface area contributed by atoms with Crippen molar-refractivity contribution < 1.29 is 30.4 Å². The Morgan fingerprint density at radius 3 is 1.96 bits per heavy atom. The molecule has 0 N–H and O–H groups in total. The van der Waals surface area contributed by atoms with Crippen molar-refractivity contribution in [3.05, 3.63) is 282 Å². The number of aryl methyl sites for hydroxylation is 1. The van der Waals surface area contributed by atoms with Crippen molar-refractivity contribution >= 4 is 32.8 Å². The zero-order chi connectivity index (χ0) is 52.2. The van der Waals surface area contributed by atoms with E-state index in [1.54, 1.807) is 0 Å². The van der Waals surface area contributed by atoms with E-state index in [0.29, 0.717) is 11.5 Å². The summed E-state index contributed by atoms with van der Waals surface area (Å²) in [5.74, 6) is 2.11. The maximum Gasteiger partial charge on any atom is 0.268 e. The van der Waals surface area contributed by atoms with Gasteiger partial charge in [-0.25, -0.2) is 4.98 Å². The summed E-state index contributed by atoms with van der Waals surface area (Å²) in [6, 6.07) is 86.6. The van der Waals surface area contributed by atoms with Gasteiger partial charge in [-0.05, 0) is 138 Å². The first-order valence-corrected chi connectivity index (χ1v) is 26.9. The Balaban J connectivity index is 0.00000564. The van der Waals surface area contributed by atoms with Gasteiger partial charge in [-0.15, -0.1) is 29.7 Å². The minimum atomic E-state index is -0.0425. The molecule has 5 nitrogen and oxygen atoms in total. The zero-order valence-electron chi connectivity index (χ0n) is 44.2. The van der Waals surface area contributed by atoms with E-state index in [-0.39, 0.29) is 32.4 Å². The van der Waals surface area contributed by atoms with Crippen LogP contribution < -0.4 is 9.30 Å². The van der Waals surface area contributed by atoms with E-state index in [1.165, 1.54) is 55.6 Å². The number of rotatable bonds is 6. The largest absolute Gasteiger partial charge is 0.510 e. The fraction of sp³-hybridized carbons (Fsp3) is 0.0959. The monoisotopic (exact) mass is 1200 g/mol. The van der Waals surface area contributed by atoms with Gasteiger partial charge in [0.2, 0.25) is 0 Å². The molecule has 6 heteroatoms. The van der Waals surface area contributed by atoms with Gasteiger partial charge in [-0.3, -0.25) is 4.57 Å². The molecule has 0 saturated carbocycles. The van der Waals surface area contributed by atoms with Gasteiger partial charge in [0.1, 0.15) is 5.82 Å².